The number of aromatic nitrogens is 1. The highest BCUT2D eigenvalue weighted by atomic mass is 19.4. The van der Waals surface area contributed by atoms with Crippen molar-refractivity contribution in [1.82, 2.24) is 9.88 Å². The summed E-state index contributed by atoms with van der Waals surface area (Å²) in [4.78, 5) is 6.15. The SMILES string of the molecule is OC(C1CCN(Cc2nc3ccc(F)cc3o2)CC1)C(F)(F)F. The number of likely N-dealkylation sites (tertiary alicyclic amines) is 1. The van der Waals surface area contributed by atoms with Crippen LogP contribution < -0.4 is 0 Å². The molecular weight excluding hydrogens is 316 g/mol. The number of nitrogens with zero attached hydrogens (tertiary/aromatic N) is 2. The molecule has 0 spiro atoms. The van der Waals surface area contributed by atoms with Crippen LogP contribution in [-0.2, 0) is 6.54 Å². The molecule has 0 aliphatic carbocycles. The van der Waals surface area contributed by atoms with Gasteiger partial charge in [0.1, 0.15) is 11.3 Å². The second-order valence-electron chi connectivity index (χ2n) is 5.82. The Balaban J connectivity index is 1.59. The molecule has 0 bridgehead atoms. The van der Waals surface area contributed by atoms with Gasteiger partial charge in [0, 0.05) is 6.07 Å². The maximum absolute atomic E-state index is 13.1. The zero-order valence-corrected chi connectivity index (χ0v) is 12.2. The topological polar surface area (TPSA) is 49.5 Å². The van der Waals surface area contributed by atoms with Gasteiger partial charge in [0.25, 0.3) is 0 Å². The average Bonchev–Trinajstić information content (AvgIpc) is 2.87. The first-order valence-corrected chi connectivity index (χ1v) is 7.35. The van der Waals surface area contributed by atoms with E-state index in [-0.39, 0.29) is 12.8 Å². The summed E-state index contributed by atoms with van der Waals surface area (Å²) >= 11 is 0. The van der Waals surface area contributed by atoms with E-state index in [1.807, 2.05) is 4.90 Å². The van der Waals surface area contributed by atoms with Crippen LogP contribution in [0.5, 0.6) is 0 Å². The van der Waals surface area contributed by atoms with E-state index in [9.17, 15) is 22.7 Å². The van der Waals surface area contributed by atoms with Gasteiger partial charge in [0.2, 0.25) is 5.89 Å². The molecule has 1 atom stereocenters. The number of benzene rings is 1. The van der Waals surface area contributed by atoms with E-state index >= 15 is 0 Å². The zero-order chi connectivity index (χ0) is 16.6. The molecule has 3 rings (SSSR count). The first-order chi connectivity index (χ1) is 10.8. The molecule has 126 valence electrons. The molecule has 1 aromatic carbocycles. The molecule has 1 unspecified atom stereocenters. The van der Waals surface area contributed by atoms with Crippen LogP contribution >= 0.6 is 0 Å². The first kappa shape index (κ1) is 16.2. The average molecular weight is 332 g/mol. The molecule has 1 fully saturated rings. The van der Waals surface area contributed by atoms with Crippen LogP contribution in [0.15, 0.2) is 22.6 Å². The van der Waals surface area contributed by atoms with Crippen molar-refractivity contribution in [3.63, 3.8) is 0 Å². The second kappa shape index (κ2) is 6.09. The lowest BCUT2D eigenvalue weighted by molar-refractivity contribution is -0.223. The van der Waals surface area contributed by atoms with Crippen molar-refractivity contribution < 1.29 is 27.1 Å². The number of aliphatic hydroxyl groups is 1. The summed E-state index contributed by atoms with van der Waals surface area (Å²) in [5.41, 5.74) is 0.895. The van der Waals surface area contributed by atoms with Crippen LogP contribution in [0.4, 0.5) is 17.6 Å². The van der Waals surface area contributed by atoms with Crippen LogP contribution in [0, 0.1) is 11.7 Å². The lowest BCUT2D eigenvalue weighted by Crippen LogP contribution is -2.43. The molecule has 4 nitrogen and oxygen atoms in total. The lowest BCUT2D eigenvalue weighted by Gasteiger charge is -2.34. The van der Waals surface area contributed by atoms with Crippen LogP contribution in [-0.4, -0.2) is 40.4 Å². The van der Waals surface area contributed by atoms with Gasteiger partial charge in [-0.15, -0.1) is 0 Å². The van der Waals surface area contributed by atoms with Crippen molar-refractivity contribution in [3.8, 4) is 0 Å². The van der Waals surface area contributed by atoms with E-state index in [1.165, 1.54) is 18.2 Å². The summed E-state index contributed by atoms with van der Waals surface area (Å²) in [6, 6.07) is 4.06. The third-order valence-electron chi connectivity index (χ3n) is 4.17. The van der Waals surface area contributed by atoms with Crippen molar-refractivity contribution in [3.05, 3.63) is 29.9 Å². The summed E-state index contributed by atoms with van der Waals surface area (Å²) in [5.74, 6) is -0.786. The molecule has 1 aromatic heterocycles. The molecule has 0 saturated carbocycles. The molecular formula is C15H16F4N2O2. The minimum Gasteiger partial charge on any atom is -0.439 e. The molecule has 0 radical (unpaired) electrons. The highest BCUT2D eigenvalue weighted by molar-refractivity contribution is 5.72. The maximum Gasteiger partial charge on any atom is 0.414 e. The molecule has 23 heavy (non-hydrogen) atoms. The van der Waals surface area contributed by atoms with E-state index in [0.29, 0.717) is 36.6 Å². The lowest BCUT2D eigenvalue weighted by atomic mass is 9.91. The molecule has 1 N–H and O–H groups in total. The number of halogens is 4. The Morgan fingerprint density at radius 2 is 2.00 bits per heavy atom. The number of hydrogen-bond acceptors (Lipinski definition) is 4. The highest BCUT2D eigenvalue weighted by Crippen LogP contribution is 2.32. The number of aliphatic hydroxyl groups excluding tert-OH is 1. The normalized spacial score (nSPS) is 19.3. The Morgan fingerprint density at radius 1 is 1.30 bits per heavy atom. The van der Waals surface area contributed by atoms with Crippen molar-refractivity contribution in [2.24, 2.45) is 5.92 Å². The maximum atomic E-state index is 13.1. The standard InChI is InChI=1S/C15H16F4N2O2/c16-10-1-2-11-12(7-10)23-13(20-11)8-21-5-3-9(4-6-21)14(22)15(17,18)19/h1-2,7,9,14,22H,3-6,8H2. The summed E-state index contributed by atoms with van der Waals surface area (Å²) in [6.45, 7) is 1.20. The molecule has 1 aliphatic rings. The summed E-state index contributed by atoms with van der Waals surface area (Å²) in [5, 5.41) is 9.30. The third kappa shape index (κ3) is 3.64. The minimum absolute atomic E-state index is 0.259. The molecule has 0 amide bonds. The van der Waals surface area contributed by atoms with Gasteiger partial charge in [-0.25, -0.2) is 9.37 Å². The molecule has 2 aromatic rings. The fourth-order valence-electron chi connectivity index (χ4n) is 2.90. The molecule has 1 saturated heterocycles. The Kier molecular flexibility index (Phi) is 4.29. The zero-order valence-electron chi connectivity index (χ0n) is 12.2. The van der Waals surface area contributed by atoms with E-state index < -0.39 is 24.0 Å². The Labute approximate surface area is 129 Å². The summed E-state index contributed by atoms with van der Waals surface area (Å²) < 4.78 is 56.1. The van der Waals surface area contributed by atoms with E-state index in [0.717, 1.165) is 0 Å². The fourth-order valence-corrected chi connectivity index (χ4v) is 2.90. The molecule has 8 heteroatoms. The van der Waals surface area contributed by atoms with E-state index in [2.05, 4.69) is 4.98 Å². The van der Waals surface area contributed by atoms with Crippen LogP contribution in [0.3, 0.4) is 0 Å². The number of oxazole rings is 1. The van der Waals surface area contributed by atoms with Crippen LogP contribution in [0.25, 0.3) is 11.1 Å². The monoisotopic (exact) mass is 332 g/mol. The smallest absolute Gasteiger partial charge is 0.414 e. The quantitative estimate of drug-likeness (QED) is 0.878. The number of piperidine rings is 1. The van der Waals surface area contributed by atoms with Gasteiger partial charge in [0.15, 0.2) is 11.7 Å². The van der Waals surface area contributed by atoms with Crippen molar-refractivity contribution in [1.29, 1.82) is 0 Å². The highest BCUT2D eigenvalue weighted by Gasteiger charge is 2.44. The van der Waals surface area contributed by atoms with Gasteiger partial charge in [-0.3, -0.25) is 4.90 Å². The predicted molar refractivity (Wildman–Crippen MR) is 74.0 cm³/mol. The molecule has 2 heterocycles. The van der Waals surface area contributed by atoms with Crippen molar-refractivity contribution >= 4 is 11.1 Å². The summed E-state index contributed by atoms with van der Waals surface area (Å²) in [6.07, 6.45) is -6.32. The van der Waals surface area contributed by atoms with Gasteiger partial charge in [-0.1, -0.05) is 0 Å². The predicted octanol–water partition coefficient (Wildman–Crippen LogP) is 3.10. The van der Waals surface area contributed by atoms with Gasteiger partial charge < -0.3 is 9.52 Å². The van der Waals surface area contributed by atoms with E-state index in [1.54, 1.807) is 0 Å². The number of rotatable bonds is 3. The third-order valence-corrected chi connectivity index (χ3v) is 4.17. The van der Waals surface area contributed by atoms with Gasteiger partial charge in [-0.05, 0) is 44.0 Å². The molecule has 1 aliphatic heterocycles. The largest absolute Gasteiger partial charge is 0.439 e. The van der Waals surface area contributed by atoms with Gasteiger partial charge >= 0.3 is 6.18 Å². The van der Waals surface area contributed by atoms with E-state index in [4.69, 9.17) is 4.42 Å². The minimum atomic E-state index is -4.57. The van der Waals surface area contributed by atoms with Crippen LogP contribution in [0.1, 0.15) is 18.7 Å². The number of alkyl halides is 3. The van der Waals surface area contributed by atoms with Gasteiger partial charge in [0.05, 0.1) is 6.54 Å². The second-order valence-corrected chi connectivity index (χ2v) is 5.82. The van der Waals surface area contributed by atoms with Crippen molar-refractivity contribution in [2.45, 2.75) is 31.7 Å². The fraction of sp³-hybridized carbons (Fsp3) is 0.533. The number of fused-ring (bicyclic) bond motifs is 1. The van der Waals surface area contributed by atoms with Gasteiger partial charge in [-0.2, -0.15) is 13.2 Å². The Morgan fingerprint density at radius 3 is 2.65 bits per heavy atom. The first-order valence-electron chi connectivity index (χ1n) is 7.35. The Bertz CT molecular complexity index is 678. The van der Waals surface area contributed by atoms with Crippen LogP contribution in [0.2, 0.25) is 0 Å². The number of hydrogen-bond donors (Lipinski definition) is 1. The van der Waals surface area contributed by atoms with Crippen molar-refractivity contribution in [2.75, 3.05) is 13.1 Å². The Hall–Kier alpha value is -1.67. The summed E-state index contributed by atoms with van der Waals surface area (Å²) in [7, 11) is 0.